The number of methoxy groups -OCH3 is 1. The summed E-state index contributed by atoms with van der Waals surface area (Å²) in [6.45, 7) is 0. The molecule has 1 fully saturated rings. The summed E-state index contributed by atoms with van der Waals surface area (Å²) in [5.74, 6) is 0.675. The Morgan fingerprint density at radius 1 is 1.59 bits per heavy atom. The Kier molecular flexibility index (Phi) is 3.63. The molecule has 0 saturated heterocycles. The molecule has 6 heteroatoms. The molecule has 1 aliphatic carbocycles. The van der Waals surface area contributed by atoms with Crippen LogP contribution in [0.4, 0.5) is 10.6 Å². The number of rotatable bonds is 3. The lowest BCUT2D eigenvalue weighted by molar-refractivity contribution is 0.0882. The van der Waals surface area contributed by atoms with Crippen molar-refractivity contribution in [3.05, 3.63) is 12.3 Å². The molecule has 1 heterocycles. The molecule has 1 aliphatic rings. The van der Waals surface area contributed by atoms with Crippen LogP contribution in [0.25, 0.3) is 0 Å². The minimum Gasteiger partial charge on any atom is -0.379 e. The summed E-state index contributed by atoms with van der Waals surface area (Å²) in [5.41, 5.74) is 0. The van der Waals surface area contributed by atoms with Crippen molar-refractivity contribution in [3.63, 3.8) is 0 Å². The van der Waals surface area contributed by atoms with Crippen molar-refractivity contribution in [2.75, 3.05) is 12.4 Å². The second-order valence-electron chi connectivity index (χ2n) is 4.25. The van der Waals surface area contributed by atoms with E-state index in [9.17, 15) is 4.79 Å². The number of aromatic nitrogens is 2. The van der Waals surface area contributed by atoms with Crippen LogP contribution < -0.4 is 10.6 Å². The highest BCUT2D eigenvalue weighted by molar-refractivity contribution is 5.88. The number of ether oxygens (including phenoxy) is 1. The third-order valence-corrected chi connectivity index (χ3v) is 3.13. The van der Waals surface area contributed by atoms with Crippen LogP contribution in [0, 0.1) is 0 Å². The van der Waals surface area contributed by atoms with E-state index in [1.807, 2.05) is 0 Å². The van der Waals surface area contributed by atoms with Gasteiger partial charge < -0.3 is 10.1 Å². The van der Waals surface area contributed by atoms with Crippen LogP contribution in [-0.2, 0) is 11.8 Å². The summed E-state index contributed by atoms with van der Waals surface area (Å²) in [7, 11) is 3.47. The van der Waals surface area contributed by atoms with E-state index in [0.29, 0.717) is 5.82 Å². The first kappa shape index (κ1) is 11.9. The van der Waals surface area contributed by atoms with Gasteiger partial charge in [0.05, 0.1) is 18.3 Å². The zero-order valence-electron chi connectivity index (χ0n) is 10.1. The standard InChI is InChI=1S/C11H18N4O2/c1-15-10(6-7-12-15)14-11(16)13-8-4-3-5-9(8)17-2/h6-9H,3-5H2,1-2H3,(H2,13,14,16). The summed E-state index contributed by atoms with van der Waals surface area (Å²) >= 11 is 0. The fraction of sp³-hybridized carbons (Fsp3) is 0.636. The van der Waals surface area contributed by atoms with E-state index in [-0.39, 0.29) is 18.2 Å². The van der Waals surface area contributed by atoms with E-state index in [0.717, 1.165) is 19.3 Å². The third kappa shape index (κ3) is 2.76. The number of anilines is 1. The molecule has 2 atom stereocenters. The van der Waals surface area contributed by atoms with Crippen LogP contribution in [0.2, 0.25) is 0 Å². The number of hydrogen-bond acceptors (Lipinski definition) is 3. The van der Waals surface area contributed by atoms with Crippen LogP contribution >= 0.6 is 0 Å². The van der Waals surface area contributed by atoms with Crippen molar-refractivity contribution >= 4 is 11.8 Å². The van der Waals surface area contributed by atoms with Crippen molar-refractivity contribution in [2.24, 2.45) is 7.05 Å². The van der Waals surface area contributed by atoms with Gasteiger partial charge in [-0.3, -0.25) is 10.00 Å². The normalized spacial score (nSPS) is 23.6. The molecule has 17 heavy (non-hydrogen) atoms. The molecule has 0 bridgehead atoms. The fourth-order valence-electron chi connectivity index (χ4n) is 2.19. The van der Waals surface area contributed by atoms with E-state index in [1.54, 1.807) is 31.1 Å². The van der Waals surface area contributed by atoms with Gasteiger partial charge in [-0.1, -0.05) is 0 Å². The molecule has 94 valence electrons. The Morgan fingerprint density at radius 2 is 2.41 bits per heavy atom. The quantitative estimate of drug-likeness (QED) is 0.828. The second-order valence-corrected chi connectivity index (χ2v) is 4.25. The first-order valence-corrected chi connectivity index (χ1v) is 5.79. The van der Waals surface area contributed by atoms with Gasteiger partial charge in [0.1, 0.15) is 5.82 Å². The van der Waals surface area contributed by atoms with Crippen molar-refractivity contribution in [1.82, 2.24) is 15.1 Å². The van der Waals surface area contributed by atoms with Crippen LogP contribution in [0.15, 0.2) is 12.3 Å². The maximum atomic E-state index is 11.8. The summed E-state index contributed by atoms with van der Waals surface area (Å²) in [6.07, 6.45) is 4.84. The Labute approximate surface area is 100 Å². The minimum absolute atomic E-state index is 0.105. The second kappa shape index (κ2) is 5.18. The van der Waals surface area contributed by atoms with Crippen LogP contribution in [0.1, 0.15) is 19.3 Å². The lowest BCUT2D eigenvalue weighted by Gasteiger charge is -2.19. The molecule has 0 aliphatic heterocycles. The van der Waals surface area contributed by atoms with Gasteiger partial charge >= 0.3 is 6.03 Å². The van der Waals surface area contributed by atoms with Gasteiger partial charge in [-0.15, -0.1) is 0 Å². The number of hydrogen-bond donors (Lipinski definition) is 2. The Hall–Kier alpha value is -1.56. The summed E-state index contributed by atoms with van der Waals surface area (Å²) in [6, 6.07) is 1.65. The molecule has 6 nitrogen and oxygen atoms in total. The molecular weight excluding hydrogens is 220 g/mol. The number of urea groups is 1. The molecule has 0 radical (unpaired) electrons. The van der Waals surface area contributed by atoms with Gasteiger partial charge in [0, 0.05) is 20.2 Å². The molecule has 0 spiro atoms. The predicted octanol–water partition coefficient (Wildman–Crippen LogP) is 1.11. The highest BCUT2D eigenvalue weighted by Crippen LogP contribution is 2.21. The monoisotopic (exact) mass is 238 g/mol. The van der Waals surface area contributed by atoms with Gasteiger partial charge in [-0.25, -0.2) is 4.79 Å². The first-order chi connectivity index (χ1) is 8.20. The van der Waals surface area contributed by atoms with E-state index in [2.05, 4.69) is 15.7 Å². The smallest absolute Gasteiger partial charge is 0.320 e. The zero-order chi connectivity index (χ0) is 12.3. The van der Waals surface area contributed by atoms with E-state index >= 15 is 0 Å². The lowest BCUT2D eigenvalue weighted by Crippen LogP contribution is -2.43. The molecule has 1 aromatic rings. The average Bonchev–Trinajstić information content (AvgIpc) is 2.89. The molecule has 1 saturated carbocycles. The van der Waals surface area contributed by atoms with Crippen molar-refractivity contribution in [2.45, 2.75) is 31.4 Å². The van der Waals surface area contributed by atoms with Gasteiger partial charge in [0.2, 0.25) is 0 Å². The van der Waals surface area contributed by atoms with E-state index < -0.39 is 0 Å². The zero-order valence-corrected chi connectivity index (χ0v) is 10.1. The van der Waals surface area contributed by atoms with Crippen molar-refractivity contribution in [1.29, 1.82) is 0 Å². The maximum Gasteiger partial charge on any atom is 0.320 e. The molecule has 2 amide bonds. The van der Waals surface area contributed by atoms with Gasteiger partial charge in [-0.05, 0) is 19.3 Å². The number of amides is 2. The summed E-state index contributed by atoms with van der Waals surface area (Å²) in [5, 5.41) is 9.67. The average molecular weight is 238 g/mol. The lowest BCUT2D eigenvalue weighted by atomic mass is 10.2. The highest BCUT2D eigenvalue weighted by Gasteiger charge is 2.28. The first-order valence-electron chi connectivity index (χ1n) is 5.79. The highest BCUT2D eigenvalue weighted by atomic mass is 16.5. The number of carbonyl (C=O) groups excluding carboxylic acids is 1. The van der Waals surface area contributed by atoms with Crippen LogP contribution in [0.5, 0.6) is 0 Å². The van der Waals surface area contributed by atoms with Crippen molar-refractivity contribution < 1.29 is 9.53 Å². The largest absolute Gasteiger partial charge is 0.379 e. The van der Waals surface area contributed by atoms with E-state index in [1.165, 1.54) is 0 Å². The minimum atomic E-state index is -0.206. The number of aryl methyl sites for hydroxylation is 1. The molecule has 2 rings (SSSR count). The maximum absolute atomic E-state index is 11.8. The van der Waals surface area contributed by atoms with Crippen LogP contribution in [0.3, 0.4) is 0 Å². The Bertz CT molecular complexity index is 391. The molecule has 1 aromatic heterocycles. The Morgan fingerprint density at radius 3 is 3.06 bits per heavy atom. The summed E-state index contributed by atoms with van der Waals surface area (Å²) in [4.78, 5) is 11.8. The Balaban J connectivity index is 1.87. The molecule has 2 unspecified atom stereocenters. The predicted molar refractivity (Wildman–Crippen MR) is 63.8 cm³/mol. The summed E-state index contributed by atoms with van der Waals surface area (Å²) < 4.78 is 6.94. The molecule has 2 N–H and O–H groups in total. The topological polar surface area (TPSA) is 68.2 Å². The van der Waals surface area contributed by atoms with Gasteiger partial charge in [0.15, 0.2) is 0 Å². The number of nitrogens with zero attached hydrogens (tertiary/aromatic N) is 2. The van der Waals surface area contributed by atoms with E-state index in [4.69, 9.17) is 4.74 Å². The van der Waals surface area contributed by atoms with Gasteiger partial charge in [-0.2, -0.15) is 5.10 Å². The number of nitrogens with one attached hydrogen (secondary N) is 2. The molecule has 0 aromatic carbocycles. The van der Waals surface area contributed by atoms with Gasteiger partial charge in [0.25, 0.3) is 0 Å². The fourth-order valence-corrected chi connectivity index (χ4v) is 2.19. The SMILES string of the molecule is COC1CCCC1NC(=O)Nc1ccnn1C. The van der Waals surface area contributed by atoms with Crippen LogP contribution in [-0.4, -0.2) is 35.1 Å². The van der Waals surface area contributed by atoms with Crippen molar-refractivity contribution in [3.8, 4) is 0 Å². The molecular formula is C11H18N4O2. The number of carbonyl (C=O) groups is 1. The third-order valence-electron chi connectivity index (χ3n) is 3.13.